The molecule has 0 radical (unpaired) electrons. The van der Waals surface area contributed by atoms with Gasteiger partial charge < -0.3 is 10.6 Å². The first-order valence-corrected chi connectivity index (χ1v) is 8.02. The van der Waals surface area contributed by atoms with Gasteiger partial charge in [0.2, 0.25) is 5.91 Å². The fourth-order valence-corrected chi connectivity index (χ4v) is 2.55. The highest BCUT2D eigenvalue weighted by atomic mass is 32.2. The van der Waals surface area contributed by atoms with Crippen LogP contribution in [0.25, 0.3) is 0 Å². The molecule has 0 aliphatic carbocycles. The molecule has 6 nitrogen and oxygen atoms in total. The quantitative estimate of drug-likeness (QED) is 0.815. The first-order valence-electron chi connectivity index (χ1n) is 6.58. The Balaban J connectivity index is 3.26. The molecule has 0 fully saturated rings. The number of hydrogen-bond donors (Lipinski definition) is 2. The molecule has 8 heteroatoms. The van der Waals surface area contributed by atoms with Crippen molar-refractivity contribution >= 4 is 33.7 Å². The number of carbonyl (C=O) groups excluding carboxylic acids is 1. The molecule has 1 aromatic rings. The Bertz CT molecular complexity index is 687. The Hall–Kier alpha value is -1.80. The van der Waals surface area contributed by atoms with Crippen molar-refractivity contribution in [1.82, 2.24) is 10.6 Å². The van der Waals surface area contributed by atoms with E-state index in [1.165, 1.54) is 0 Å². The van der Waals surface area contributed by atoms with Crippen molar-refractivity contribution in [3.63, 3.8) is 0 Å². The van der Waals surface area contributed by atoms with E-state index >= 15 is 0 Å². The summed E-state index contributed by atoms with van der Waals surface area (Å²) >= 11 is 4.91. The number of benzene rings is 1. The van der Waals surface area contributed by atoms with Crippen LogP contribution >= 0.6 is 12.2 Å². The molecule has 0 saturated carbocycles. The Labute approximate surface area is 137 Å². The predicted molar refractivity (Wildman–Crippen MR) is 88.8 cm³/mol. The lowest BCUT2D eigenvalue weighted by atomic mass is 9.80. The smallest absolute Gasteiger partial charge is 0.311 e. The number of aryl methyl sites for hydroxylation is 1. The fraction of sp³-hybridized carbons (Fsp3) is 0.429. The van der Waals surface area contributed by atoms with E-state index in [0.717, 1.165) is 5.56 Å². The van der Waals surface area contributed by atoms with E-state index in [-0.39, 0.29) is 5.11 Å². The standard InChI is InChI=1S/C14H19N3O3S2/c1-9-5-7-10(8-6-9)11(17-22(19)20)14(2,3)12(18)16-13(21)15-4/h5-8,11H,1-4H3,(H2,15,16,18,21). The van der Waals surface area contributed by atoms with Crippen LogP contribution in [0.15, 0.2) is 28.6 Å². The van der Waals surface area contributed by atoms with E-state index in [9.17, 15) is 13.2 Å². The van der Waals surface area contributed by atoms with Gasteiger partial charge in [0.15, 0.2) is 5.11 Å². The largest absolute Gasteiger partial charge is 0.365 e. The van der Waals surface area contributed by atoms with E-state index in [1.54, 1.807) is 33.0 Å². The Kier molecular flexibility index (Phi) is 6.19. The first-order chi connectivity index (χ1) is 10.2. The van der Waals surface area contributed by atoms with Crippen molar-refractivity contribution in [1.29, 1.82) is 0 Å². The summed E-state index contributed by atoms with van der Waals surface area (Å²) < 4.78 is 25.8. The lowest BCUT2D eigenvalue weighted by Crippen LogP contribution is -2.46. The van der Waals surface area contributed by atoms with Crippen molar-refractivity contribution < 1.29 is 13.2 Å². The molecule has 0 aliphatic heterocycles. The Morgan fingerprint density at radius 1 is 1.27 bits per heavy atom. The van der Waals surface area contributed by atoms with Crippen molar-refractivity contribution in [2.45, 2.75) is 26.8 Å². The van der Waals surface area contributed by atoms with Gasteiger partial charge in [-0.05, 0) is 38.6 Å². The minimum absolute atomic E-state index is 0.170. The molecule has 0 aliphatic rings. The molecule has 0 aromatic heterocycles. The summed E-state index contributed by atoms with van der Waals surface area (Å²) in [5.74, 6) is -0.411. The molecular weight excluding hydrogens is 322 g/mol. The number of hydrogen-bond acceptors (Lipinski definition) is 5. The normalized spacial score (nSPS) is 12.2. The van der Waals surface area contributed by atoms with Crippen molar-refractivity contribution in [2.75, 3.05) is 7.05 Å². The Morgan fingerprint density at radius 2 is 1.82 bits per heavy atom. The van der Waals surface area contributed by atoms with E-state index in [4.69, 9.17) is 12.2 Å². The van der Waals surface area contributed by atoms with Crippen molar-refractivity contribution in [2.24, 2.45) is 9.78 Å². The van der Waals surface area contributed by atoms with Crippen LogP contribution in [-0.2, 0) is 15.3 Å². The number of amides is 1. The first kappa shape index (κ1) is 18.2. The van der Waals surface area contributed by atoms with E-state index in [1.807, 2.05) is 19.1 Å². The van der Waals surface area contributed by atoms with E-state index in [0.29, 0.717) is 5.56 Å². The molecule has 0 bridgehead atoms. The van der Waals surface area contributed by atoms with Crippen LogP contribution in [0.3, 0.4) is 0 Å². The highest BCUT2D eigenvalue weighted by molar-refractivity contribution is 7.80. The van der Waals surface area contributed by atoms with Gasteiger partial charge in [0.1, 0.15) is 6.04 Å². The second-order valence-corrected chi connectivity index (χ2v) is 6.44. The molecule has 1 rings (SSSR count). The fourth-order valence-electron chi connectivity index (χ4n) is 1.89. The summed E-state index contributed by atoms with van der Waals surface area (Å²) in [6.07, 6.45) is 0. The average Bonchev–Trinajstić information content (AvgIpc) is 2.45. The van der Waals surface area contributed by atoms with E-state index in [2.05, 4.69) is 15.0 Å². The minimum Gasteiger partial charge on any atom is -0.365 e. The third-order valence-corrected chi connectivity index (χ3v) is 4.00. The number of carbonyl (C=O) groups is 1. The second-order valence-electron chi connectivity index (χ2n) is 5.39. The molecule has 22 heavy (non-hydrogen) atoms. The monoisotopic (exact) mass is 341 g/mol. The van der Waals surface area contributed by atoms with Gasteiger partial charge >= 0.3 is 10.5 Å². The average molecular weight is 341 g/mol. The number of thiocarbonyl (C=S) groups is 1. The number of rotatable bonds is 4. The summed E-state index contributed by atoms with van der Waals surface area (Å²) in [6, 6.07) is 6.38. The molecule has 1 atom stereocenters. The lowest BCUT2D eigenvalue weighted by molar-refractivity contribution is -0.128. The maximum absolute atomic E-state index is 12.4. The molecule has 2 N–H and O–H groups in total. The maximum Gasteiger partial charge on any atom is 0.311 e. The summed E-state index contributed by atoms with van der Waals surface area (Å²) in [6.45, 7) is 5.17. The lowest BCUT2D eigenvalue weighted by Gasteiger charge is -2.29. The Morgan fingerprint density at radius 3 is 2.27 bits per heavy atom. The van der Waals surface area contributed by atoms with Gasteiger partial charge in [-0.25, -0.2) is 0 Å². The zero-order chi connectivity index (χ0) is 16.9. The molecular formula is C14H19N3O3S2. The van der Waals surface area contributed by atoms with Gasteiger partial charge in [-0.2, -0.15) is 12.8 Å². The maximum atomic E-state index is 12.4. The molecule has 1 unspecified atom stereocenters. The van der Waals surface area contributed by atoms with Gasteiger partial charge in [0, 0.05) is 7.05 Å². The van der Waals surface area contributed by atoms with Crippen LogP contribution in [-0.4, -0.2) is 26.5 Å². The zero-order valence-electron chi connectivity index (χ0n) is 12.9. The third-order valence-electron chi connectivity index (χ3n) is 3.31. The zero-order valence-corrected chi connectivity index (χ0v) is 14.5. The third kappa shape index (κ3) is 4.60. The summed E-state index contributed by atoms with van der Waals surface area (Å²) in [5, 5.41) is 5.34. The van der Waals surface area contributed by atoms with Crippen LogP contribution in [0.4, 0.5) is 0 Å². The van der Waals surface area contributed by atoms with Gasteiger partial charge in [-0.15, -0.1) is 0 Å². The molecule has 1 aromatic carbocycles. The summed E-state index contributed by atoms with van der Waals surface area (Å²) in [5.41, 5.74) is 0.575. The van der Waals surface area contributed by atoms with Crippen molar-refractivity contribution in [3.8, 4) is 0 Å². The van der Waals surface area contributed by atoms with E-state index < -0.39 is 27.9 Å². The summed E-state index contributed by atoms with van der Waals surface area (Å²) in [7, 11) is -1.05. The van der Waals surface area contributed by atoms with Gasteiger partial charge in [0.25, 0.3) is 0 Å². The number of nitrogens with zero attached hydrogens (tertiary/aromatic N) is 1. The number of nitrogens with one attached hydrogen (secondary N) is 2. The van der Waals surface area contributed by atoms with Crippen molar-refractivity contribution in [3.05, 3.63) is 35.4 Å². The van der Waals surface area contributed by atoms with Crippen LogP contribution in [0.2, 0.25) is 0 Å². The molecule has 0 spiro atoms. The van der Waals surface area contributed by atoms with Gasteiger partial charge in [0.05, 0.1) is 5.41 Å². The van der Waals surface area contributed by atoms with Gasteiger partial charge in [-0.1, -0.05) is 29.8 Å². The van der Waals surface area contributed by atoms with Crippen LogP contribution in [0, 0.1) is 12.3 Å². The van der Waals surface area contributed by atoms with Crippen LogP contribution in [0.1, 0.15) is 31.0 Å². The molecule has 1 amide bonds. The summed E-state index contributed by atoms with van der Waals surface area (Å²) in [4.78, 5) is 12.4. The SMILES string of the molecule is CNC(=S)NC(=O)C(C)(C)C(N=S(=O)=O)c1ccc(C)cc1. The second kappa shape index (κ2) is 7.46. The van der Waals surface area contributed by atoms with Crippen LogP contribution < -0.4 is 10.6 Å². The highest BCUT2D eigenvalue weighted by Crippen LogP contribution is 2.37. The highest BCUT2D eigenvalue weighted by Gasteiger charge is 2.38. The molecule has 0 heterocycles. The van der Waals surface area contributed by atoms with Crippen LogP contribution in [0.5, 0.6) is 0 Å². The molecule has 0 saturated heterocycles. The van der Waals surface area contributed by atoms with Gasteiger partial charge in [-0.3, -0.25) is 4.79 Å². The minimum atomic E-state index is -2.63. The molecule has 120 valence electrons. The topological polar surface area (TPSA) is 87.6 Å². The predicted octanol–water partition coefficient (Wildman–Crippen LogP) is 1.75.